The first-order valence-electron chi connectivity index (χ1n) is 8.10. The second-order valence-electron chi connectivity index (χ2n) is 6.21. The third-order valence-electron chi connectivity index (χ3n) is 4.33. The van der Waals surface area contributed by atoms with Gasteiger partial charge in [0.15, 0.2) is 0 Å². The monoisotopic (exact) mass is 306 g/mol. The fraction of sp³-hybridized carbons (Fsp3) is 0.350. The van der Waals surface area contributed by atoms with Gasteiger partial charge in [-0.2, -0.15) is 5.26 Å². The quantitative estimate of drug-likeness (QED) is 0.839. The number of nitrogens with zero attached hydrogens (tertiary/aromatic N) is 2. The summed E-state index contributed by atoms with van der Waals surface area (Å²) in [6.07, 6.45) is 0.839. The van der Waals surface area contributed by atoms with E-state index in [-0.39, 0.29) is 6.10 Å². The van der Waals surface area contributed by atoms with Gasteiger partial charge in [-0.05, 0) is 48.2 Å². The van der Waals surface area contributed by atoms with Gasteiger partial charge < -0.3 is 4.74 Å². The van der Waals surface area contributed by atoms with Crippen LogP contribution in [0.3, 0.4) is 0 Å². The lowest BCUT2D eigenvalue weighted by Gasteiger charge is -2.38. The molecule has 3 heteroatoms. The fourth-order valence-electron chi connectivity index (χ4n) is 3.23. The van der Waals surface area contributed by atoms with Gasteiger partial charge in [-0.15, -0.1) is 0 Å². The van der Waals surface area contributed by atoms with E-state index in [2.05, 4.69) is 61.2 Å². The van der Waals surface area contributed by atoms with Gasteiger partial charge in [0.05, 0.1) is 6.07 Å². The Labute approximate surface area is 138 Å². The van der Waals surface area contributed by atoms with Gasteiger partial charge >= 0.3 is 0 Å². The molecule has 3 rings (SSSR count). The van der Waals surface area contributed by atoms with Gasteiger partial charge in [0.25, 0.3) is 0 Å². The van der Waals surface area contributed by atoms with E-state index in [1.54, 1.807) is 0 Å². The highest BCUT2D eigenvalue weighted by molar-refractivity contribution is 5.71. The van der Waals surface area contributed by atoms with Crippen LogP contribution < -0.4 is 4.74 Å². The van der Waals surface area contributed by atoms with E-state index in [1.165, 1.54) is 22.3 Å². The Bertz CT molecular complexity index is 689. The molecule has 0 N–H and O–H groups in total. The highest BCUT2D eigenvalue weighted by Gasteiger charge is 2.28. The lowest BCUT2D eigenvalue weighted by atomic mass is 9.95. The van der Waals surface area contributed by atoms with Crippen LogP contribution in [0.4, 0.5) is 0 Å². The van der Waals surface area contributed by atoms with Crippen molar-refractivity contribution >= 4 is 0 Å². The zero-order chi connectivity index (χ0) is 16.2. The summed E-state index contributed by atoms with van der Waals surface area (Å²) in [5.41, 5.74) is 5.03. The van der Waals surface area contributed by atoms with Gasteiger partial charge in [-0.1, -0.05) is 30.3 Å². The first-order valence-corrected chi connectivity index (χ1v) is 8.10. The highest BCUT2D eigenvalue weighted by atomic mass is 16.5. The summed E-state index contributed by atoms with van der Waals surface area (Å²) in [6, 6.07) is 16.9. The van der Waals surface area contributed by atoms with Crippen LogP contribution in [0, 0.1) is 25.2 Å². The summed E-state index contributed by atoms with van der Waals surface area (Å²) >= 11 is 0. The Morgan fingerprint density at radius 1 is 1.13 bits per heavy atom. The second kappa shape index (κ2) is 6.85. The van der Waals surface area contributed by atoms with Crippen LogP contribution in [0.5, 0.6) is 5.75 Å². The molecule has 2 aromatic rings. The van der Waals surface area contributed by atoms with Crippen LogP contribution in [0.25, 0.3) is 11.1 Å². The molecule has 0 spiro atoms. The van der Waals surface area contributed by atoms with Gasteiger partial charge in [0, 0.05) is 26.1 Å². The van der Waals surface area contributed by atoms with E-state index in [0.29, 0.717) is 6.42 Å². The van der Waals surface area contributed by atoms with Crippen molar-refractivity contribution in [3.05, 3.63) is 53.6 Å². The smallest absolute Gasteiger partial charge is 0.124 e. The zero-order valence-corrected chi connectivity index (χ0v) is 13.7. The van der Waals surface area contributed by atoms with E-state index in [9.17, 15) is 0 Å². The molecule has 3 nitrogen and oxygen atoms in total. The summed E-state index contributed by atoms with van der Waals surface area (Å²) < 4.78 is 6.09. The number of aryl methyl sites for hydroxylation is 2. The standard InChI is InChI=1S/C20H22N2O/c1-15-11-18(23-19-13-22(14-19)10-6-9-21)12-16(2)20(15)17-7-4-3-5-8-17/h3-5,7-8,11-12,19H,6,10,13-14H2,1-2H3. The van der Waals surface area contributed by atoms with Crippen molar-refractivity contribution in [2.45, 2.75) is 26.4 Å². The highest BCUT2D eigenvalue weighted by Crippen LogP contribution is 2.31. The van der Waals surface area contributed by atoms with Crippen molar-refractivity contribution in [2.24, 2.45) is 0 Å². The minimum Gasteiger partial charge on any atom is -0.488 e. The van der Waals surface area contributed by atoms with E-state index in [1.807, 2.05) is 6.07 Å². The molecule has 1 fully saturated rings. The van der Waals surface area contributed by atoms with Crippen LogP contribution in [-0.4, -0.2) is 30.6 Å². The molecule has 0 aliphatic carbocycles. The Morgan fingerprint density at radius 2 is 1.78 bits per heavy atom. The minimum atomic E-state index is 0.245. The molecule has 1 aliphatic heterocycles. The molecule has 0 amide bonds. The summed E-state index contributed by atoms with van der Waals surface area (Å²) in [6.45, 7) is 6.96. The van der Waals surface area contributed by atoms with Crippen molar-refractivity contribution in [3.8, 4) is 22.9 Å². The number of nitriles is 1. The van der Waals surface area contributed by atoms with Gasteiger partial charge in [0.1, 0.15) is 11.9 Å². The van der Waals surface area contributed by atoms with Crippen molar-refractivity contribution in [1.82, 2.24) is 4.90 Å². The third-order valence-corrected chi connectivity index (χ3v) is 4.33. The maximum absolute atomic E-state index is 8.61. The maximum atomic E-state index is 8.61. The Hall–Kier alpha value is -2.31. The number of hydrogen-bond acceptors (Lipinski definition) is 3. The lowest BCUT2D eigenvalue weighted by Crippen LogP contribution is -2.53. The Balaban J connectivity index is 1.68. The van der Waals surface area contributed by atoms with Crippen molar-refractivity contribution < 1.29 is 4.74 Å². The van der Waals surface area contributed by atoms with Crippen molar-refractivity contribution in [3.63, 3.8) is 0 Å². The van der Waals surface area contributed by atoms with Crippen LogP contribution >= 0.6 is 0 Å². The van der Waals surface area contributed by atoms with Gasteiger partial charge in [0.2, 0.25) is 0 Å². The average molecular weight is 306 g/mol. The minimum absolute atomic E-state index is 0.245. The normalized spacial score (nSPS) is 15.0. The molecule has 1 aliphatic rings. The van der Waals surface area contributed by atoms with Gasteiger partial charge in [-0.3, -0.25) is 4.90 Å². The van der Waals surface area contributed by atoms with Crippen LogP contribution in [0.15, 0.2) is 42.5 Å². The zero-order valence-electron chi connectivity index (χ0n) is 13.7. The van der Waals surface area contributed by atoms with Crippen LogP contribution in [0.2, 0.25) is 0 Å². The molecular formula is C20H22N2O. The third kappa shape index (κ3) is 3.55. The van der Waals surface area contributed by atoms with Crippen molar-refractivity contribution in [2.75, 3.05) is 19.6 Å². The predicted octanol–water partition coefficient (Wildman–Crippen LogP) is 3.95. The molecule has 118 valence electrons. The number of benzene rings is 2. The summed E-state index contributed by atoms with van der Waals surface area (Å²) in [4.78, 5) is 2.26. The first-order chi connectivity index (χ1) is 11.2. The van der Waals surface area contributed by atoms with Gasteiger partial charge in [-0.25, -0.2) is 0 Å². The molecule has 0 saturated carbocycles. The molecule has 0 atom stereocenters. The Morgan fingerprint density at radius 3 is 2.39 bits per heavy atom. The summed E-state index contributed by atoms with van der Waals surface area (Å²) in [5.74, 6) is 0.949. The Kier molecular flexibility index (Phi) is 4.64. The predicted molar refractivity (Wildman–Crippen MR) is 92.4 cm³/mol. The number of likely N-dealkylation sites (tertiary alicyclic amines) is 1. The summed E-state index contributed by atoms with van der Waals surface area (Å²) in [7, 11) is 0. The molecule has 1 heterocycles. The summed E-state index contributed by atoms with van der Waals surface area (Å²) in [5, 5.41) is 8.61. The number of ether oxygens (including phenoxy) is 1. The van der Waals surface area contributed by atoms with E-state index in [0.717, 1.165) is 25.4 Å². The molecule has 2 aromatic carbocycles. The van der Waals surface area contributed by atoms with E-state index in [4.69, 9.17) is 10.00 Å². The SMILES string of the molecule is Cc1cc(OC2CN(CCC#N)C2)cc(C)c1-c1ccccc1. The molecule has 0 unspecified atom stereocenters. The number of rotatable bonds is 5. The molecule has 0 bridgehead atoms. The van der Waals surface area contributed by atoms with E-state index < -0.39 is 0 Å². The topological polar surface area (TPSA) is 36.3 Å². The fourth-order valence-corrected chi connectivity index (χ4v) is 3.23. The largest absolute Gasteiger partial charge is 0.488 e. The van der Waals surface area contributed by atoms with Crippen molar-refractivity contribution in [1.29, 1.82) is 5.26 Å². The number of hydrogen-bond donors (Lipinski definition) is 0. The first kappa shape index (κ1) is 15.6. The molecule has 1 saturated heterocycles. The lowest BCUT2D eigenvalue weighted by molar-refractivity contribution is 0.0215. The molecular weight excluding hydrogens is 284 g/mol. The van der Waals surface area contributed by atoms with E-state index >= 15 is 0 Å². The van der Waals surface area contributed by atoms with Crippen LogP contribution in [0.1, 0.15) is 17.5 Å². The van der Waals surface area contributed by atoms with Crippen LogP contribution in [-0.2, 0) is 0 Å². The second-order valence-corrected chi connectivity index (χ2v) is 6.21. The molecule has 23 heavy (non-hydrogen) atoms. The maximum Gasteiger partial charge on any atom is 0.124 e. The molecule has 0 radical (unpaired) electrons. The molecule has 0 aromatic heterocycles. The average Bonchev–Trinajstić information content (AvgIpc) is 2.50.